The van der Waals surface area contributed by atoms with E-state index in [1.165, 1.54) is 0 Å². The second-order valence-electron chi connectivity index (χ2n) is 8.75. The van der Waals surface area contributed by atoms with Gasteiger partial charge in [0, 0.05) is 51.0 Å². The highest BCUT2D eigenvalue weighted by molar-refractivity contribution is 5.92. The van der Waals surface area contributed by atoms with E-state index in [0.717, 1.165) is 29.7 Å². The summed E-state index contributed by atoms with van der Waals surface area (Å²) in [6.45, 7) is 3.77. The van der Waals surface area contributed by atoms with Crippen molar-refractivity contribution >= 4 is 22.6 Å². The SMILES string of the molecule is CN[C@@H](Cc1cccnc1)C(=O)N(C)[C@@H]1C[C@H](C)CN(c2ccc(C#N)c3nccnc23)C1. The van der Waals surface area contributed by atoms with E-state index in [-0.39, 0.29) is 18.0 Å². The summed E-state index contributed by atoms with van der Waals surface area (Å²) in [7, 11) is 3.72. The number of benzene rings is 1. The van der Waals surface area contributed by atoms with Crippen LogP contribution in [0.15, 0.2) is 49.1 Å². The molecule has 0 spiro atoms. The Labute approximate surface area is 194 Å². The Morgan fingerprint density at radius 3 is 2.73 bits per heavy atom. The van der Waals surface area contributed by atoms with Gasteiger partial charge in [0.1, 0.15) is 17.1 Å². The Kier molecular flexibility index (Phi) is 6.80. The molecule has 0 aliphatic carbocycles. The molecule has 1 amide bonds. The van der Waals surface area contributed by atoms with Crippen LogP contribution < -0.4 is 10.2 Å². The number of hydrogen-bond donors (Lipinski definition) is 1. The molecular formula is C25H29N7O. The van der Waals surface area contributed by atoms with Crippen LogP contribution >= 0.6 is 0 Å². The zero-order valence-electron chi connectivity index (χ0n) is 19.3. The van der Waals surface area contributed by atoms with Crippen LogP contribution in [0.3, 0.4) is 0 Å². The molecule has 0 unspecified atom stereocenters. The summed E-state index contributed by atoms with van der Waals surface area (Å²) < 4.78 is 0. The predicted molar refractivity (Wildman–Crippen MR) is 128 cm³/mol. The zero-order chi connectivity index (χ0) is 23.4. The second kappa shape index (κ2) is 9.92. The first-order valence-electron chi connectivity index (χ1n) is 11.2. The summed E-state index contributed by atoms with van der Waals surface area (Å²) in [4.78, 5) is 30.6. The number of likely N-dealkylation sites (N-methyl/N-ethyl adjacent to an activating group) is 2. The molecule has 3 atom stereocenters. The normalized spacial score (nSPS) is 19.2. The number of pyridine rings is 1. The second-order valence-corrected chi connectivity index (χ2v) is 8.75. The van der Waals surface area contributed by atoms with E-state index in [9.17, 15) is 10.1 Å². The lowest BCUT2D eigenvalue weighted by atomic mass is 9.93. The zero-order valence-corrected chi connectivity index (χ0v) is 19.3. The number of nitrogens with one attached hydrogen (secondary N) is 1. The van der Waals surface area contributed by atoms with E-state index in [1.54, 1.807) is 30.9 Å². The van der Waals surface area contributed by atoms with Crippen molar-refractivity contribution in [2.45, 2.75) is 31.8 Å². The summed E-state index contributed by atoms with van der Waals surface area (Å²) in [5.74, 6) is 0.470. The van der Waals surface area contributed by atoms with Crippen LogP contribution in [-0.2, 0) is 11.2 Å². The Morgan fingerprint density at radius 2 is 2.03 bits per heavy atom. The lowest BCUT2D eigenvalue weighted by Gasteiger charge is -2.42. The van der Waals surface area contributed by atoms with Gasteiger partial charge in [-0.15, -0.1) is 0 Å². The number of nitriles is 1. The maximum absolute atomic E-state index is 13.4. The van der Waals surface area contributed by atoms with Gasteiger partial charge in [0.2, 0.25) is 5.91 Å². The molecule has 4 rings (SSSR count). The third-order valence-electron chi connectivity index (χ3n) is 6.41. The first kappa shape index (κ1) is 22.6. The van der Waals surface area contributed by atoms with Crippen molar-refractivity contribution in [2.24, 2.45) is 5.92 Å². The number of amides is 1. The highest BCUT2D eigenvalue weighted by Gasteiger charge is 2.33. The molecule has 1 fully saturated rings. The van der Waals surface area contributed by atoms with E-state index in [0.29, 0.717) is 30.0 Å². The largest absolute Gasteiger partial charge is 0.367 e. The summed E-state index contributed by atoms with van der Waals surface area (Å²) in [5.41, 5.74) is 3.84. The van der Waals surface area contributed by atoms with Crippen molar-refractivity contribution in [2.75, 3.05) is 32.1 Å². The number of aromatic nitrogens is 3. The molecule has 33 heavy (non-hydrogen) atoms. The van der Waals surface area contributed by atoms with Crippen LogP contribution in [0.2, 0.25) is 0 Å². The fraction of sp³-hybridized carbons (Fsp3) is 0.400. The van der Waals surface area contributed by atoms with Gasteiger partial charge < -0.3 is 15.1 Å². The molecule has 2 aromatic heterocycles. The van der Waals surface area contributed by atoms with Crippen molar-refractivity contribution in [1.82, 2.24) is 25.2 Å². The van der Waals surface area contributed by atoms with E-state index >= 15 is 0 Å². The molecule has 1 aromatic carbocycles. The minimum atomic E-state index is -0.313. The van der Waals surface area contributed by atoms with Gasteiger partial charge in [-0.3, -0.25) is 19.7 Å². The minimum absolute atomic E-state index is 0.0633. The molecular weight excluding hydrogens is 414 g/mol. The number of carbonyl (C=O) groups excluding carboxylic acids is 1. The van der Waals surface area contributed by atoms with E-state index in [1.807, 2.05) is 37.2 Å². The molecule has 1 aliphatic heterocycles. The van der Waals surface area contributed by atoms with Gasteiger partial charge >= 0.3 is 0 Å². The highest BCUT2D eigenvalue weighted by atomic mass is 16.2. The standard InChI is InChI=1S/C25H29N7O/c1-17-11-20(31(3)25(33)21(27-2)12-18-5-4-8-28-14-18)16-32(15-17)22-7-6-19(13-26)23-24(22)30-10-9-29-23/h4-10,14,17,20-21,27H,11-12,15-16H2,1-3H3/t17-,20+,21-/m0/s1. The maximum Gasteiger partial charge on any atom is 0.240 e. The van der Waals surface area contributed by atoms with E-state index in [2.05, 4.69) is 38.2 Å². The molecule has 3 heterocycles. The smallest absolute Gasteiger partial charge is 0.240 e. The van der Waals surface area contributed by atoms with E-state index < -0.39 is 0 Å². The van der Waals surface area contributed by atoms with Gasteiger partial charge in [-0.2, -0.15) is 5.26 Å². The molecule has 8 heteroatoms. The predicted octanol–water partition coefficient (Wildman–Crippen LogP) is 2.40. The minimum Gasteiger partial charge on any atom is -0.367 e. The third-order valence-corrected chi connectivity index (χ3v) is 6.41. The number of nitrogens with zero attached hydrogens (tertiary/aromatic N) is 6. The fourth-order valence-corrected chi connectivity index (χ4v) is 4.68. The third kappa shape index (κ3) is 4.78. The van der Waals surface area contributed by atoms with Crippen molar-refractivity contribution in [1.29, 1.82) is 5.26 Å². The summed E-state index contributed by atoms with van der Waals surface area (Å²) in [6.07, 6.45) is 8.34. The number of rotatable bonds is 6. The number of piperidine rings is 1. The quantitative estimate of drug-likeness (QED) is 0.625. The van der Waals surface area contributed by atoms with Crippen LogP contribution in [0.1, 0.15) is 24.5 Å². The molecule has 1 saturated heterocycles. The lowest BCUT2D eigenvalue weighted by molar-refractivity contribution is -0.134. The van der Waals surface area contributed by atoms with Gasteiger partial charge in [-0.05, 0) is 49.6 Å². The molecule has 1 aliphatic rings. The molecule has 0 bridgehead atoms. The monoisotopic (exact) mass is 443 g/mol. The fourth-order valence-electron chi connectivity index (χ4n) is 4.68. The van der Waals surface area contributed by atoms with Crippen molar-refractivity contribution in [3.05, 3.63) is 60.2 Å². The Bertz CT molecular complexity index is 1160. The number of fused-ring (bicyclic) bond motifs is 1. The van der Waals surface area contributed by atoms with Gasteiger partial charge in [0.05, 0.1) is 17.3 Å². The Hall–Kier alpha value is -3.57. The topological polar surface area (TPSA) is 98.0 Å². The molecule has 0 radical (unpaired) electrons. The van der Waals surface area contributed by atoms with Crippen molar-refractivity contribution in [3.63, 3.8) is 0 Å². The van der Waals surface area contributed by atoms with Crippen molar-refractivity contribution in [3.8, 4) is 6.07 Å². The van der Waals surface area contributed by atoms with E-state index in [4.69, 9.17) is 0 Å². The first-order valence-corrected chi connectivity index (χ1v) is 11.2. The Morgan fingerprint density at radius 1 is 1.24 bits per heavy atom. The average Bonchev–Trinajstić information content (AvgIpc) is 2.86. The lowest BCUT2D eigenvalue weighted by Crippen LogP contribution is -2.55. The van der Waals surface area contributed by atoms with Gasteiger partial charge in [-0.1, -0.05) is 13.0 Å². The van der Waals surface area contributed by atoms with Crippen molar-refractivity contribution < 1.29 is 4.79 Å². The van der Waals surface area contributed by atoms with Crippen LogP contribution in [-0.4, -0.2) is 65.0 Å². The first-order chi connectivity index (χ1) is 16.0. The summed E-state index contributed by atoms with van der Waals surface area (Å²) >= 11 is 0. The summed E-state index contributed by atoms with van der Waals surface area (Å²) in [6, 6.07) is 9.59. The maximum atomic E-state index is 13.4. The van der Waals surface area contributed by atoms with Gasteiger partial charge in [0.25, 0.3) is 0 Å². The van der Waals surface area contributed by atoms with Gasteiger partial charge in [-0.25, -0.2) is 0 Å². The van der Waals surface area contributed by atoms with Crippen LogP contribution in [0.4, 0.5) is 5.69 Å². The number of anilines is 1. The van der Waals surface area contributed by atoms with Crippen LogP contribution in [0.5, 0.6) is 0 Å². The molecule has 1 N–H and O–H groups in total. The average molecular weight is 444 g/mol. The number of carbonyl (C=O) groups is 1. The van der Waals surface area contributed by atoms with Gasteiger partial charge in [0.15, 0.2) is 0 Å². The summed E-state index contributed by atoms with van der Waals surface area (Å²) in [5, 5.41) is 12.6. The van der Waals surface area contributed by atoms with Crippen LogP contribution in [0, 0.1) is 17.2 Å². The molecule has 3 aromatic rings. The molecule has 0 saturated carbocycles. The molecule has 8 nitrogen and oxygen atoms in total. The molecule has 170 valence electrons. The highest BCUT2D eigenvalue weighted by Crippen LogP contribution is 2.31. The Balaban J connectivity index is 1.56. The van der Waals surface area contributed by atoms with Crippen LogP contribution in [0.25, 0.3) is 11.0 Å². The number of hydrogen-bond acceptors (Lipinski definition) is 7.